The molecule has 0 fully saturated rings. The van der Waals surface area contributed by atoms with E-state index in [0.717, 1.165) is 0 Å². The highest BCUT2D eigenvalue weighted by Crippen LogP contribution is 2.32. The summed E-state index contributed by atoms with van der Waals surface area (Å²) in [6.45, 7) is 5.87. The number of hydrogen-bond acceptors (Lipinski definition) is 2. The van der Waals surface area contributed by atoms with Crippen molar-refractivity contribution in [2.45, 2.75) is 6.92 Å². The van der Waals surface area contributed by atoms with Crippen molar-refractivity contribution in [2.24, 2.45) is 0 Å². The van der Waals surface area contributed by atoms with Gasteiger partial charge in [-0.15, -0.1) is 11.3 Å². The summed E-state index contributed by atoms with van der Waals surface area (Å²) in [4.78, 5) is 5.37. The highest BCUT2D eigenvalue weighted by molar-refractivity contribution is 7.20. The van der Waals surface area contributed by atoms with E-state index in [0.29, 0.717) is 0 Å². The second-order valence-electron chi connectivity index (χ2n) is 2.96. The molecule has 1 nitrogen and oxygen atoms in total. The van der Waals surface area contributed by atoms with Crippen molar-refractivity contribution in [2.75, 3.05) is 0 Å². The molecule has 0 saturated carbocycles. The Morgan fingerprint density at radius 3 is 3.07 bits per heavy atom. The van der Waals surface area contributed by atoms with E-state index >= 15 is 0 Å². The average Bonchev–Trinajstić information content (AvgIpc) is 2.55. The molecular weight excluding hydrogens is 190 g/mol. The van der Waals surface area contributed by atoms with Gasteiger partial charge in [-0.25, -0.2) is 0 Å². The summed E-state index contributed by atoms with van der Waals surface area (Å²) in [6.07, 6.45) is 9.79. The molecule has 0 aliphatic rings. The minimum atomic E-state index is 1.21. The molecule has 0 saturated heterocycles. The molecule has 2 aromatic heterocycles. The number of allylic oxidation sites excluding steroid dienone is 1. The van der Waals surface area contributed by atoms with Gasteiger partial charge in [-0.2, -0.15) is 0 Å². The summed E-state index contributed by atoms with van der Waals surface area (Å²) < 4.78 is 1.22. The standard InChI is InChI=1S/C12H11NS/c1-3-5-11-9(4-2)10-6-7-13-8-12(10)14-11/h3-8H,2H2,1H3/b5-3-. The van der Waals surface area contributed by atoms with Crippen LogP contribution in [0.25, 0.3) is 22.2 Å². The summed E-state index contributed by atoms with van der Waals surface area (Å²) in [5.74, 6) is 0. The Hall–Kier alpha value is -1.41. The summed E-state index contributed by atoms with van der Waals surface area (Å²) in [5, 5.41) is 1.24. The molecule has 0 amide bonds. The summed E-state index contributed by atoms with van der Waals surface area (Å²) in [7, 11) is 0. The number of fused-ring (bicyclic) bond motifs is 1. The van der Waals surface area contributed by atoms with Gasteiger partial charge in [0.1, 0.15) is 0 Å². The van der Waals surface area contributed by atoms with Gasteiger partial charge in [0, 0.05) is 22.7 Å². The molecule has 0 unspecified atom stereocenters. The zero-order valence-electron chi connectivity index (χ0n) is 8.03. The predicted octanol–water partition coefficient (Wildman–Crippen LogP) is 3.97. The average molecular weight is 201 g/mol. The van der Waals surface area contributed by atoms with Crippen molar-refractivity contribution >= 4 is 33.6 Å². The fraction of sp³-hybridized carbons (Fsp3) is 0.0833. The third-order valence-corrected chi connectivity index (χ3v) is 3.20. The van der Waals surface area contributed by atoms with Gasteiger partial charge in [0.05, 0.1) is 4.70 Å². The molecule has 0 N–H and O–H groups in total. The van der Waals surface area contributed by atoms with Gasteiger partial charge in [0.2, 0.25) is 0 Å². The van der Waals surface area contributed by atoms with Crippen molar-refractivity contribution in [3.05, 3.63) is 41.6 Å². The van der Waals surface area contributed by atoms with E-state index in [4.69, 9.17) is 0 Å². The Kier molecular flexibility index (Phi) is 2.46. The molecule has 0 radical (unpaired) electrons. The van der Waals surface area contributed by atoms with Crippen LogP contribution in [0.15, 0.2) is 31.1 Å². The second kappa shape index (κ2) is 3.76. The minimum Gasteiger partial charge on any atom is -0.263 e. The highest BCUT2D eigenvalue weighted by atomic mass is 32.1. The molecule has 0 spiro atoms. The molecule has 14 heavy (non-hydrogen) atoms. The van der Waals surface area contributed by atoms with Gasteiger partial charge in [0.25, 0.3) is 0 Å². The first kappa shape index (κ1) is 9.16. The normalized spacial score (nSPS) is 11.2. The fourth-order valence-corrected chi connectivity index (χ4v) is 2.62. The van der Waals surface area contributed by atoms with E-state index < -0.39 is 0 Å². The van der Waals surface area contributed by atoms with Crippen LogP contribution in [0.3, 0.4) is 0 Å². The third-order valence-electron chi connectivity index (χ3n) is 2.08. The summed E-state index contributed by atoms with van der Waals surface area (Å²) in [5.41, 5.74) is 1.21. The molecule has 2 aromatic rings. The molecule has 2 rings (SSSR count). The van der Waals surface area contributed by atoms with Gasteiger partial charge in [-0.05, 0) is 24.6 Å². The minimum absolute atomic E-state index is 1.21. The van der Waals surface area contributed by atoms with E-state index in [1.807, 2.05) is 37.5 Å². The van der Waals surface area contributed by atoms with E-state index in [1.54, 1.807) is 11.3 Å². The van der Waals surface area contributed by atoms with Crippen molar-refractivity contribution in [3.63, 3.8) is 0 Å². The fourth-order valence-electron chi connectivity index (χ4n) is 1.48. The first-order chi connectivity index (χ1) is 6.86. The van der Waals surface area contributed by atoms with Gasteiger partial charge in [-0.3, -0.25) is 4.98 Å². The van der Waals surface area contributed by atoms with Crippen molar-refractivity contribution in [1.82, 2.24) is 4.98 Å². The number of aromatic nitrogens is 1. The van der Waals surface area contributed by atoms with Crippen LogP contribution < -0.4 is 0 Å². The second-order valence-corrected chi connectivity index (χ2v) is 4.04. The molecule has 2 heteroatoms. The monoisotopic (exact) mass is 201 g/mol. The molecule has 0 aliphatic heterocycles. The maximum atomic E-state index is 4.11. The number of rotatable bonds is 2. The highest BCUT2D eigenvalue weighted by Gasteiger charge is 2.05. The third kappa shape index (κ3) is 1.38. The number of hydrogen-bond donors (Lipinski definition) is 0. The van der Waals surface area contributed by atoms with Crippen LogP contribution in [0.4, 0.5) is 0 Å². The molecule has 0 aromatic carbocycles. The summed E-state index contributed by atoms with van der Waals surface area (Å²) >= 11 is 1.75. The van der Waals surface area contributed by atoms with Crippen LogP contribution in [0.2, 0.25) is 0 Å². The van der Waals surface area contributed by atoms with Crippen molar-refractivity contribution < 1.29 is 0 Å². The number of thiophene rings is 1. The maximum absolute atomic E-state index is 4.11. The van der Waals surface area contributed by atoms with E-state index in [1.165, 1.54) is 20.5 Å². The zero-order chi connectivity index (χ0) is 9.97. The maximum Gasteiger partial charge on any atom is 0.0538 e. The van der Waals surface area contributed by atoms with Crippen LogP contribution in [-0.4, -0.2) is 4.98 Å². The molecule has 0 atom stereocenters. The Labute approximate surface area is 87.4 Å². The van der Waals surface area contributed by atoms with Crippen LogP contribution in [0.5, 0.6) is 0 Å². The lowest BCUT2D eigenvalue weighted by atomic mass is 10.1. The molecule has 2 heterocycles. The molecular formula is C12H11NS. The smallest absolute Gasteiger partial charge is 0.0538 e. The van der Waals surface area contributed by atoms with E-state index in [-0.39, 0.29) is 0 Å². The van der Waals surface area contributed by atoms with Gasteiger partial charge >= 0.3 is 0 Å². The first-order valence-corrected chi connectivity index (χ1v) is 5.30. The zero-order valence-corrected chi connectivity index (χ0v) is 8.84. The van der Waals surface area contributed by atoms with Gasteiger partial charge in [0.15, 0.2) is 0 Å². The topological polar surface area (TPSA) is 12.9 Å². The number of pyridine rings is 1. The largest absolute Gasteiger partial charge is 0.263 e. The first-order valence-electron chi connectivity index (χ1n) is 4.48. The van der Waals surface area contributed by atoms with Crippen molar-refractivity contribution in [1.29, 1.82) is 0 Å². The Balaban J connectivity index is 2.78. The van der Waals surface area contributed by atoms with Gasteiger partial charge < -0.3 is 0 Å². The van der Waals surface area contributed by atoms with Crippen molar-refractivity contribution in [3.8, 4) is 0 Å². The Morgan fingerprint density at radius 2 is 2.36 bits per heavy atom. The molecule has 0 bridgehead atoms. The Bertz CT molecular complexity index is 494. The van der Waals surface area contributed by atoms with Crippen LogP contribution >= 0.6 is 11.3 Å². The summed E-state index contributed by atoms with van der Waals surface area (Å²) in [6, 6.07) is 2.04. The molecule has 0 aliphatic carbocycles. The quantitative estimate of drug-likeness (QED) is 0.716. The number of nitrogens with zero attached hydrogens (tertiary/aromatic N) is 1. The van der Waals surface area contributed by atoms with Crippen LogP contribution in [0, 0.1) is 0 Å². The van der Waals surface area contributed by atoms with E-state index in [2.05, 4.69) is 17.6 Å². The predicted molar refractivity (Wildman–Crippen MR) is 64.4 cm³/mol. The van der Waals surface area contributed by atoms with Crippen LogP contribution in [-0.2, 0) is 0 Å². The lowest BCUT2D eigenvalue weighted by Crippen LogP contribution is -1.72. The Morgan fingerprint density at radius 1 is 1.50 bits per heavy atom. The SMILES string of the molecule is C=Cc1c(/C=C\C)sc2cnccc12. The molecule has 70 valence electrons. The van der Waals surface area contributed by atoms with Gasteiger partial charge in [-0.1, -0.05) is 18.7 Å². The lowest BCUT2D eigenvalue weighted by molar-refractivity contribution is 1.37. The van der Waals surface area contributed by atoms with Crippen LogP contribution in [0.1, 0.15) is 17.4 Å². The lowest BCUT2D eigenvalue weighted by Gasteiger charge is -1.91. The van der Waals surface area contributed by atoms with E-state index in [9.17, 15) is 0 Å².